The second-order valence-electron chi connectivity index (χ2n) is 7.14. The van der Waals surface area contributed by atoms with Crippen LogP contribution < -0.4 is 5.32 Å². The number of hydrogen-bond acceptors (Lipinski definition) is 3. The third-order valence-corrected chi connectivity index (χ3v) is 5.58. The van der Waals surface area contributed by atoms with Gasteiger partial charge in [0.25, 0.3) is 0 Å². The maximum Gasteiger partial charge on any atom is 0.0113 e. The van der Waals surface area contributed by atoms with Crippen LogP contribution in [0.3, 0.4) is 0 Å². The normalized spacial score (nSPS) is 38.5. The van der Waals surface area contributed by atoms with Crippen molar-refractivity contribution in [2.45, 2.75) is 51.1 Å². The van der Waals surface area contributed by atoms with E-state index in [9.17, 15) is 0 Å². The Kier molecular flexibility index (Phi) is 4.45. The molecule has 110 valence electrons. The minimum atomic E-state index is 0.762. The molecule has 3 atom stereocenters. The topological polar surface area (TPSA) is 18.5 Å². The van der Waals surface area contributed by atoms with Gasteiger partial charge in [-0.3, -0.25) is 4.90 Å². The maximum atomic E-state index is 3.56. The largest absolute Gasteiger partial charge is 0.317 e. The summed E-state index contributed by atoms with van der Waals surface area (Å²) >= 11 is 0. The van der Waals surface area contributed by atoms with Crippen LogP contribution in [0, 0.1) is 11.8 Å². The second-order valence-corrected chi connectivity index (χ2v) is 7.14. The van der Waals surface area contributed by atoms with E-state index >= 15 is 0 Å². The summed E-state index contributed by atoms with van der Waals surface area (Å²) in [5.74, 6) is 1.81. The predicted octanol–water partition coefficient (Wildman–Crippen LogP) is 1.79. The minimum Gasteiger partial charge on any atom is -0.317 e. The van der Waals surface area contributed by atoms with Gasteiger partial charge >= 0.3 is 0 Å². The Balaban J connectivity index is 1.47. The van der Waals surface area contributed by atoms with Crippen LogP contribution >= 0.6 is 0 Å². The van der Waals surface area contributed by atoms with E-state index in [1.165, 1.54) is 64.8 Å². The summed E-state index contributed by atoms with van der Waals surface area (Å²) in [4.78, 5) is 5.45. The SMILES string of the molecule is CNC1CCC(C)CC1CN1CCN(C2CC2)CC1. The highest BCUT2D eigenvalue weighted by Crippen LogP contribution is 2.31. The number of rotatable bonds is 4. The van der Waals surface area contributed by atoms with Crippen molar-refractivity contribution >= 4 is 0 Å². The minimum absolute atomic E-state index is 0.762. The zero-order valence-corrected chi connectivity index (χ0v) is 12.8. The molecule has 1 aliphatic heterocycles. The molecular formula is C16H31N3. The van der Waals surface area contributed by atoms with E-state index in [0.29, 0.717) is 0 Å². The lowest BCUT2D eigenvalue weighted by Gasteiger charge is -2.41. The molecule has 3 aliphatic rings. The highest BCUT2D eigenvalue weighted by Gasteiger charge is 2.33. The zero-order chi connectivity index (χ0) is 13.2. The molecule has 3 unspecified atom stereocenters. The Hall–Kier alpha value is -0.120. The highest BCUT2D eigenvalue weighted by atomic mass is 15.3. The molecule has 1 saturated heterocycles. The van der Waals surface area contributed by atoms with Crippen LogP contribution in [-0.2, 0) is 0 Å². The summed E-state index contributed by atoms with van der Waals surface area (Å²) < 4.78 is 0. The van der Waals surface area contributed by atoms with Crippen LogP contribution in [0.1, 0.15) is 39.0 Å². The first-order valence-corrected chi connectivity index (χ1v) is 8.40. The molecule has 1 heterocycles. The second kappa shape index (κ2) is 6.11. The first-order valence-electron chi connectivity index (χ1n) is 8.40. The lowest BCUT2D eigenvalue weighted by Crippen LogP contribution is -2.51. The molecule has 0 spiro atoms. The van der Waals surface area contributed by atoms with Crippen molar-refractivity contribution in [1.82, 2.24) is 15.1 Å². The molecule has 3 heteroatoms. The summed E-state index contributed by atoms with van der Waals surface area (Å²) in [6.07, 6.45) is 7.14. The smallest absolute Gasteiger partial charge is 0.0113 e. The van der Waals surface area contributed by atoms with Gasteiger partial charge in [0, 0.05) is 44.8 Å². The van der Waals surface area contributed by atoms with E-state index in [1.54, 1.807) is 0 Å². The number of nitrogens with one attached hydrogen (secondary N) is 1. The number of piperazine rings is 1. The highest BCUT2D eigenvalue weighted by molar-refractivity contribution is 4.89. The molecule has 1 N–H and O–H groups in total. The fourth-order valence-electron chi connectivity index (χ4n) is 4.16. The molecule has 3 nitrogen and oxygen atoms in total. The van der Waals surface area contributed by atoms with Crippen LogP contribution in [0.15, 0.2) is 0 Å². The van der Waals surface area contributed by atoms with E-state index < -0.39 is 0 Å². The van der Waals surface area contributed by atoms with E-state index in [1.807, 2.05) is 0 Å². The van der Waals surface area contributed by atoms with Crippen LogP contribution in [0.4, 0.5) is 0 Å². The van der Waals surface area contributed by atoms with Crippen LogP contribution in [-0.4, -0.2) is 61.7 Å². The molecule has 0 aromatic heterocycles. The standard InChI is InChI=1S/C16H31N3/c1-13-3-6-16(17-2)14(11-13)12-18-7-9-19(10-8-18)15-4-5-15/h13-17H,3-12H2,1-2H3. The monoisotopic (exact) mass is 265 g/mol. The number of nitrogens with zero attached hydrogens (tertiary/aromatic N) is 2. The molecule has 0 aromatic carbocycles. The van der Waals surface area contributed by atoms with Crippen molar-refractivity contribution in [3.63, 3.8) is 0 Å². The van der Waals surface area contributed by atoms with Crippen LogP contribution in [0.5, 0.6) is 0 Å². The molecular weight excluding hydrogens is 234 g/mol. The fourth-order valence-corrected chi connectivity index (χ4v) is 4.16. The van der Waals surface area contributed by atoms with Crippen molar-refractivity contribution in [2.24, 2.45) is 11.8 Å². The zero-order valence-electron chi connectivity index (χ0n) is 12.8. The molecule has 0 bridgehead atoms. The third kappa shape index (κ3) is 3.50. The van der Waals surface area contributed by atoms with Gasteiger partial charge in [-0.15, -0.1) is 0 Å². The molecule has 0 radical (unpaired) electrons. The molecule has 0 aromatic rings. The Labute approximate surface area is 118 Å². The van der Waals surface area contributed by atoms with E-state index in [4.69, 9.17) is 0 Å². The summed E-state index contributed by atoms with van der Waals surface area (Å²) in [5.41, 5.74) is 0. The van der Waals surface area contributed by atoms with Gasteiger partial charge in [0.15, 0.2) is 0 Å². The molecule has 3 fully saturated rings. The molecule has 19 heavy (non-hydrogen) atoms. The summed E-state index contributed by atoms with van der Waals surface area (Å²) in [6, 6.07) is 1.72. The molecule has 2 aliphatic carbocycles. The van der Waals surface area contributed by atoms with Crippen molar-refractivity contribution in [3.05, 3.63) is 0 Å². The van der Waals surface area contributed by atoms with Gasteiger partial charge < -0.3 is 10.2 Å². The van der Waals surface area contributed by atoms with E-state index in [0.717, 1.165) is 23.9 Å². The van der Waals surface area contributed by atoms with Crippen molar-refractivity contribution in [3.8, 4) is 0 Å². The third-order valence-electron chi connectivity index (χ3n) is 5.58. The van der Waals surface area contributed by atoms with Gasteiger partial charge in [-0.2, -0.15) is 0 Å². The van der Waals surface area contributed by atoms with Gasteiger partial charge in [0.1, 0.15) is 0 Å². The lowest BCUT2D eigenvalue weighted by atomic mass is 9.78. The van der Waals surface area contributed by atoms with Crippen molar-refractivity contribution in [2.75, 3.05) is 39.8 Å². The predicted molar refractivity (Wildman–Crippen MR) is 80.4 cm³/mol. The maximum absolute atomic E-state index is 3.56. The van der Waals surface area contributed by atoms with Crippen molar-refractivity contribution in [1.29, 1.82) is 0 Å². The van der Waals surface area contributed by atoms with Crippen molar-refractivity contribution < 1.29 is 0 Å². The van der Waals surface area contributed by atoms with Gasteiger partial charge in [-0.25, -0.2) is 0 Å². The molecule has 0 amide bonds. The first kappa shape index (κ1) is 13.8. The van der Waals surface area contributed by atoms with E-state index in [2.05, 4.69) is 29.1 Å². The first-order chi connectivity index (χ1) is 9.26. The van der Waals surface area contributed by atoms with Gasteiger partial charge in [-0.1, -0.05) is 6.92 Å². The van der Waals surface area contributed by atoms with E-state index in [-0.39, 0.29) is 0 Å². The molecule has 2 saturated carbocycles. The Morgan fingerprint density at radius 3 is 2.37 bits per heavy atom. The Morgan fingerprint density at radius 2 is 1.74 bits per heavy atom. The quantitative estimate of drug-likeness (QED) is 0.836. The lowest BCUT2D eigenvalue weighted by molar-refractivity contribution is 0.0888. The van der Waals surface area contributed by atoms with Crippen LogP contribution in [0.25, 0.3) is 0 Å². The average molecular weight is 265 g/mol. The van der Waals surface area contributed by atoms with Gasteiger partial charge in [0.05, 0.1) is 0 Å². The van der Waals surface area contributed by atoms with Gasteiger partial charge in [-0.05, 0) is 51.0 Å². The average Bonchev–Trinajstić information content (AvgIpc) is 3.24. The summed E-state index contributed by atoms with van der Waals surface area (Å²) in [7, 11) is 2.15. The Bertz CT molecular complexity index is 282. The van der Waals surface area contributed by atoms with Gasteiger partial charge in [0.2, 0.25) is 0 Å². The molecule has 3 rings (SSSR count). The summed E-state index contributed by atoms with van der Waals surface area (Å²) in [5, 5.41) is 3.56. The number of hydrogen-bond donors (Lipinski definition) is 1. The summed E-state index contributed by atoms with van der Waals surface area (Å²) in [6.45, 7) is 9.00. The Morgan fingerprint density at radius 1 is 1.00 bits per heavy atom. The van der Waals surface area contributed by atoms with Crippen LogP contribution in [0.2, 0.25) is 0 Å². The fraction of sp³-hybridized carbons (Fsp3) is 1.00.